The van der Waals surface area contributed by atoms with Crippen LogP contribution in [-0.2, 0) is 0 Å². The Balaban J connectivity index is 2.24. The molecule has 2 aromatic heterocycles. The van der Waals surface area contributed by atoms with Crippen molar-refractivity contribution in [3.8, 4) is 11.3 Å². The lowest BCUT2D eigenvalue weighted by Crippen LogP contribution is -1.88. The van der Waals surface area contributed by atoms with Gasteiger partial charge >= 0.3 is 0 Å². The fraction of sp³-hybridized carbons (Fsp3) is 0.0909. The van der Waals surface area contributed by atoms with Gasteiger partial charge in [-0.25, -0.2) is 9.50 Å². The molecule has 0 spiro atoms. The molecule has 3 aromatic rings. The van der Waals surface area contributed by atoms with E-state index in [0.717, 1.165) is 30.3 Å². The highest BCUT2D eigenvalue weighted by Gasteiger charge is 2.13. The van der Waals surface area contributed by atoms with E-state index in [4.69, 9.17) is 0 Å². The van der Waals surface area contributed by atoms with Gasteiger partial charge in [0.25, 0.3) is 0 Å². The maximum atomic E-state index is 4.61. The van der Waals surface area contributed by atoms with Gasteiger partial charge in [0.15, 0.2) is 3.92 Å². The lowest BCUT2D eigenvalue weighted by atomic mass is 10.1. The largest absolute Gasteiger partial charge is 0.217 e. The highest BCUT2D eigenvalue weighted by atomic mass is 79.9. The smallest absolute Gasteiger partial charge is 0.213 e. The molecule has 3 nitrogen and oxygen atoms in total. The van der Waals surface area contributed by atoms with Crippen molar-refractivity contribution in [2.45, 2.75) is 6.92 Å². The summed E-state index contributed by atoms with van der Waals surface area (Å²) in [6, 6.07) is 8.13. The molecule has 0 atom stereocenters. The van der Waals surface area contributed by atoms with Crippen LogP contribution in [-0.4, -0.2) is 14.6 Å². The molecule has 6 heteroatoms. The van der Waals surface area contributed by atoms with Crippen molar-refractivity contribution in [2.24, 2.45) is 0 Å². The zero-order chi connectivity index (χ0) is 12.0. The molecule has 0 fully saturated rings. The van der Waals surface area contributed by atoms with Crippen LogP contribution in [0.3, 0.4) is 0 Å². The number of halogens is 2. The summed E-state index contributed by atoms with van der Waals surface area (Å²) in [6.45, 7) is 2.03. The van der Waals surface area contributed by atoms with Crippen LogP contribution in [0.15, 0.2) is 32.7 Å². The van der Waals surface area contributed by atoms with E-state index in [1.54, 1.807) is 0 Å². The van der Waals surface area contributed by atoms with Crippen molar-refractivity contribution >= 4 is 48.2 Å². The van der Waals surface area contributed by atoms with Gasteiger partial charge in [-0.15, -0.1) is 5.10 Å². The van der Waals surface area contributed by atoms with Crippen LogP contribution in [0.25, 0.3) is 16.2 Å². The molecule has 0 unspecified atom stereocenters. The summed E-state index contributed by atoms with van der Waals surface area (Å²) in [5, 5.41) is 4.36. The molecule has 0 bridgehead atoms. The zero-order valence-corrected chi connectivity index (χ0v) is 12.8. The van der Waals surface area contributed by atoms with E-state index in [2.05, 4.69) is 54.1 Å². The molecule has 0 radical (unpaired) electrons. The first-order valence-corrected chi connectivity index (χ1v) is 7.33. The van der Waals surface area contributed by atoms with Gasteiger partial charge in [-0.05, 0) is 35.0 Å². The maximum absolute atomic E-state index is 4.61. The standard InChI is InChI=1S/C11H7Br2N3S/c1-6-9(7-3-2-4-8(12)5-7)14-11-16(6)15-10(13)17-11/h2-5H,1H3. The highest BCUT2D eigenvalue weighted by Crippen LogP contribution is 2.29. The van der Waals surface area contributed by atoms with Crippen LogP contribution in [0, 0.1) is 6.92 Å². The van der Waals surface area contributed by atoms with Gasteiger partial charge < -0.3 is 0 Å². The molecular formula is C11H7Br2N3S. The van der Waals surface area contributed by atoms with Crippen LogP contribution in [0.5, 0.6) is 0 Å². The Morgan fingerprint density at radius 2 is 2.12 bits per heavy atom. The minimum atomic E-state index is 0.851. The van der Waals surface area contributed by atoms with E-state index in [1.807, 2.05) is 23.6 Å². The SMILES string of the molecule is Cc1c(-c2cccc(Br)c2)nc2sc(Br)nn12. The van der Waals surface area contributed by atoms with Crippen LogP contribution >= 0.6 is 43.2 Å². The summed E-state index contributed by atoms with van der Waals surface area (Å²) in [4.78, 5) is 5.52. The second kappa shape index (κ2) is 4.19. The first-order valence-electron chi connectivity index (χ1n) is 4.93. The lowest BCUT2D eigenvalue weighted by Gasteiger charge is -1.99. The summed E-state index contributed by atoms with van der Waals surface area (Å²) < 4.78 is 3.77. The minimum absolute atomic E-state index is 0.851. The average molecular weight is 373 g/mol. The number of fused-ring (bicyclic) bond motifs is 1. The molecule has 2 heterocycles. The average Bonchev–Trinajstić information content (AvgIpc) is 2.78. The van der Waals surface area contributed by atoms with Gasteiger partial charge in [0.1, 0.15) is 0 Å². The fourth-order valence-corrected chi connectivity index (χ4v) is 3.40. The molecule has 0 aliphatic heterocycles. The third kappa shape index (κ3) is 1.94. The highest BCUT2D eigenvalue weighted by molar-refractivity contribution is 9.11. The van der Waals surface area contributed by atoms with Crippen LogP contribution in [0.4, 0.5) is 0 Å². The Morgan fingerprint density at radius 1 is 1.29 bits per heavy atom. The summed E-state index contributed by atoms with van der Waals surface area (Å²) in [5.74, 6) is 0. The zero-order valence-electron chi connectivity index (χ0n) is 8.82. The molecule has 0 aliphatic rings. The number of nitrogens with zero attached hydrogens (tertiary/aromatic N) is 3. The van der Waals surface area contributed by atoms with Crippen molar-refractivity contribution in [2.75, 3.05) is 0 Å². The molecule has 3 rings (SSSR count). The third-order valence-corrected chi connectivity index (χ3v) is 4.34. The van der Waals surface area contributed by atoms with E-state index < -0.39 is 0 Å². The molecule has 17 heavy (non-hydrogen) atoms. The normalized spacial score (nSPS) is 11.2. The monoisotopic (exact) mass is 371 g/mol. The topological polar surface area (TPSA) is 30.2 Å². The minimum Gasteiger partial charge on any atom is -0.217 e. The van der Waals surface area contributed by atoms with E-state index in [-0.39, 0.29) is 0 Å². The molecule has 1 aromatic carbocycles. The van der Waals surface area contributed by atoms with E-state index in [9.17, 15) is 0 Å². The quantitative estimate of drug-likeness (QED) is 0.637. The van der Waals surface area contributed by atoms with Gasteiger partial charge in [-0.1, -0.05) is 39.4 Å². The number of imidazole rings is 1. The summed E-state index contributed by atoms with van der Waals surface area (Å²) in [7, 11) is 0. The van der Waals surface area contributed by atoms with E-state index in [1.165, 1.54) is 11.3 Å². The van der Waals surface area contributed by atoms with Gasteiger partial charge in [0, 0.05) is 10.0 Å². The summed E-state index contributed by atoms with van der Waals surface area (Å²) in [6.07, 6.45) is 0. The number of aromatic nitrogens is 3. The molecule has 0 saturated heterocycles. The maximum Gasteiger partial charge on any atom is 0.213 e. The van der Waals surface area contributed by atoms with Gasteiger partial charge in [-0.3, -0.25) is 0 Å². The van der Waals surface area contributed by atoms with Crippen molar-refractivity contribution < 1.29 is 0 Å². The number of rotatable bonds is 1. The Hall–Kier alpha value is -0.720. The summed E-state index contributed by atoms with van der Waals surface area (Å²) >= 11 is 8.38. The van der Waals surface area contributed by atoms with Crippen molar-refractivity contribution in [1.29, 1.82) is 0 Å². The predicted octanol–water partition coefficient (Wildman–Crippen LogP) is 4.29. The first-order chi connectivity index (χ1) is 8.15. The Kier molecular flexibility index (Phi) is 2.80. The van der Waals surface area contributed by atoms with Crippen molar-refractivity contribution in [3.63, 3.8) is 0 Å². The fourth-order valence-electron chi connectivity index (χ4n) is 1.74. The Morgan fingerprint density at radius 3 is 2.82 bits per heavy atom. The van der Waals surface area contributed by atoms with E-state index in [0.29, 0.717) is 0 Å². The summed E-state index contributed by atoms with van der Waals surface area (Å²) in [5.41, 5.74) is 3.14. The van der Waals surface area contributed by atoms with Gasteiger partial charge in [0.05, 0.1) is 11.4 Å². The Labute approximate surface area is 119 Å². The first kappa shape index (κ1) is 11.4. The molecular weight excluding hydrogens is 366 g/mol. The second-order valence-electron chi connectivity index (χ2n) is 3.61. The van der Waals surface area contributed by atoms with Crippen LogP contribution < -0.4 is 0 Å². The molecule has 0 aliphatic carbocycles. The van der Waals surface area contributed by atoms with Crippen LogP contribution in [0.1, 0.15) is 5.69 Å². The van der Waals surface area contributed by atoms with Gasteiger partial charge in [-0.2, -0.15) is 0 Å². The van der Waals surface area contributed by atoms with Crippen molar-refractivity contribution in [3.05, 3.63) is 38.3 Å². The second-order valence-corrected chi connectivity index (χ2v) is 6.75. The lowest BCUT2D eigenvalue weighted by molar-refractivity contribution is 0.919. The predicted molar refractivity (Wildman–Crippen MR) is 76.4 cm³/mol. The molecule has 0 N–H and O–H groups in total. The molecule has 0 amide bonds. The van der Waals surface area contributed by atoms with Gasteiger partial charge in [0.2, 0.25) is 4.96 Å². The molecule has 86 valence electrons. The number of hydrogen-bond donors (Lipinski definition) is 0. The molecule has 0 saturated carbocycles. The third-order valence-electron chi connectivity index (χ3n) is 2.50. The van der Waals surface area contributed by atoms with Crippen molar-refractivity contribution in [1.82, 2.24) is 14.6 Å². The Bertz CT molecular complexity index is 702. The number of benzene rings is 1. The van der Waals surface area contributed by atoms with Crippen LogP contribution in [0.2, 0.25) is 0 Å². The van der Waals surface area contributed by atoms with E-state index >= 15 is 0 Å². The number of aryl methyl sites for hydroxylation is 1. The number of hydrogen-bond acceptors (Lipinski definition) is 3.